The van der Waals surface area contributed by atoms with E-state index in [2.05, 4.69) is 45.0 Å². The number of nitrogens with two attached hydrogens (primary N) is 1. The molecule has 1 aliphatic carbocycles. The van der Waals surface area contributed by atoms with E-state index in [1.807, 2.05) is 60.7 Å². The molecule has 6 heteroatoms. The predicted octanol–water partition coefficient (Wildman–Crippen LogP) is 7.31. The van der Waals surface area contributed by atoms with E-state index in [4.69, 9.17) is 20.3 Å². The fourth-order valence-electron chi connectivity index (χ4n) is 5.66. The largest absolute Gasteiger partial charge is 0.487 e. The van der Waals surface area contributed by atoms with Crippen LogP contribution in [0.15, 0.2) is 84.9 Å². The maximum atomic E-state index is 14.2. The van der Waals surface area contributed by atoms with Crippen LogP contribution in [0.3, 0.4) is 0 Å². The number of amides is 1. The molecule has 5 rings (SSSR count). The number of ether oxygens (including phenoxy) is 1. The lowest BCUT2D eigenvalue weighted by Gasteiger charge is -2.30. The van der Waals surface area contributed by atoms with E-state index >= 15 is 0 Å². The van der Waals surface area contributed by atoms with Crippen molar-refractivity contribution in [1.29, 1.82) is 0 Å². The number of aromatic nitrogens is 1. The fourth-order valence-corrected chi connectivity index (χ4v) is 5.66. The number of hydroxylamine groups is 1. The number of hydrogen-bond donors (Lipinski definition) is 1. The minimum Gasteiger partial charge on any atom is -0.487 e. The molecule has 1 fully saturated rings. The van der Waals surface area contributed by atoms with Crippen LogP contribution in [0.1, 0.15) is 69.2 Å². The van der Waals surface area contributed by atoms with E-state index in [9.17, 15) is 4.79 Å². The zero-order valence-corrected chi connectivity index (χ0v) is 24.4. The highest BCUT2D eigenvalue weighted by Gasteiger charge is 2.36. The van der Waals surface area contributed by atoms with E-state index < -0.39 is 0 Å². The fraction of sp³-hybridized carbons (Fsp3) is 0.371. The topological polar surface area (TPSA) is 77.7 Å². The summed E-state index contributed by atoms with van der Waals surface area (Å²) in [6.45, 7) is 7.50. The first kappa shape index (κ1) is 28.8. The number of rotatable bonds is 10. The second kappa shape index (κ2) is 12.8. The molecular formula is C35H41N3O3. The third-order valence-corrected chi connectivity index (χ3v) is 7.93. The molecule has 1 amide bonds. The molecule has 3 aromatic carbocycles. The second-order valence-electron chi connectivity index (χ2n) is 11.9. The highest BCUT2D eigenvalue weighted by molar-refractivity contribution is 5.96. The van der Waals surface area contributed by atoms with Crippen LogP contribution in [0, 0.1) is 5.92 Å². The Morgan fingerprint density at radius 3 is 2.34 bits per heavy atom. The number of carbonyl (C=O) groups is 1. The minimum absolute atomic E-state index is 0.0199. The van der Waals surface area contributed by atoms with Crippen LogP contribution in [0.25, 0.3) is 10.9 Å². The van der Waals surface area contributed by atoms with Gasteiger partial charge in [0.1, 0.15) is 12.4 Å². The summed E-state index contributed by atoms with van der Waals surface area (Å²) in [6, 6.07) is 28.2. The maximum Gasteiger partial charge on any atom is 0.258 e. The Morgan fingerprint density at radius 2 is 1.66 bits per heavy atom. The number of fused-ring (bicyclic) bond motifs is 1. The van der Waals surface area contributed by atoms with Crippen molar-refractivity contribution in [2.24, 2.45) is 11.7 Å². The number of anilines is 1. The first-order chi connectivity index (χ1) is 19.8. The van der Waals surface area contributed by atoms with Gasteiger partial charge in [0, 0.05) is 11.9 Å². The molecule has 0 bridgehead atoms. The SMILES string of the molecule is CC(C)(C)c1ccc(N(OCCN)C(=O)C(c2ccc(OCc3ccc4ccccc4n3)cc2)C2CCCC2)cc1. The molecule has 0 radical (unpaired) electrons. The smallest absolute Gasteiger partial charge is 0.258 e. The van der Waals surface area contributed by atoms with Gasteiger partial charge in [-0.3, -0.25) is 9.63 Å². The number of nitrogens with zero attached hydrogens (tertiary/aromatic N) is 2. The van der Waals surface area contributed by atoms with Gasteiger partial charge in [0.05, 0.1) is 29.4 Å². The minimum atomic E-state index is -0.311. The summed E-state index contributed by atoms with van der Waals surface area (Å²) in [7, 11) is 0. The van der Waals surface area contributed by atoms with Crippen LogP contribution in [0.5, 0.6) is 5.75 Å². The molecule has 0 saturated heterocycles. The quantitative estimate of drug-likeness (QED) is 0.209. The highest BCUT2D eigenvalue weighted by Crippen LogP contribution is 2.40. The van der Waals surface area contributed by atoms with Crippen LogP contribution >= 0.6 is 0 Å². The predicted molar refractivity (Wildman–Crippen MR) is 165 cm³/mol. The molecule has 1 aromatic heterocycles. The molecule has 0 spiro atoms. The van der Waals surface area contributed by atoms with Crippen LogP contribution in [0.2, 0.25) is 0 Å². The normalized spacial score (nSPS) is 14.7. The van der Waals surface area contributed by atoms with Crippen LogP contribution < -0.4 is 15.5 Å². The van der Waals surface area contributed by atoms with Crippen LogP contribution in [-0.2, 0) is 21.7 Å². The van der Waals surface area contributed by atoms with Crippen molar-refractivity contribution in [2.45, 2.75) is 64.4 Å². The summed E-state index contributed by atoms with van der Waals surface area (Å²) < 4.78 is 6.07. The number of hydrogen-bond acceptors (Lipinski definition) is 5. The number of pyridine rings is 1. The van der Waals surface area contributed by atoms with Crippen molar-refractivity contribution in [3.8, 4) is 5.75 Å². The number of carbonyl (C=O) groups excluding carboxylic acids is 1. The van der Waals surface area contributed by atoms with Gasteiger partial charge in [-0.2, -0.15) is 5.06 Å². The summed E-state index contributed by atoms with van der Waals surface area (Å²) in [5.41, 5.74) is 10.5. The Hall–Kier alpha value is -3.74. The lowest BCUT2D eigenvalue weighted by molar-refractivity contribution is -0.128. The highest BCUT2D eigenvalue weighted by atomic mass is 16.7. The Bertz CT molecular complexity index is 1440. The van der Waals surface area contributed by atoms with Gasteiger partial charge in [-0.1, -0.05) is 82.1 Å². The van der Waals surface area contributed by atoms with E-state index in [-0.39, 0.29) is 29.8 Å². The first-order valence-corrected chi connectivity index (χ1v) is 14.7. The van der Waals surface area contributed by atoms with Gasteiger partial charge in [-0.15, -0.1) is 0 Å². The summed E-state index contributed by atoms with van der Waals surface area (Å²) in [5.74, 6) is 0.640. The van der Waals surface area contributed by atoms with Crippen molar-refractivity contribution >= 4 is 22.5 Å². The molecule has 1 saturated carbocycles. The molecule has 2 N–H and O–H groups in total. The van der Waals surface area contributed by atoms with Crippen molar-refractivity contribution < 1.29 is 14.4 Å². The molecule has 214 valence electrons. The van der Waals surface area contributed by atoms with E-state index in [1.165, 1.54) is 10.6 Å². The standard InChI is InChI=1S/C35H41N3O3/c1-35(2,3)28-15-18-30(19-16-28)38(41-23-22-36)34(39)33(26-9-4-5-10-26)27-13-20-31(21-14-27)40-24-29-17-12-25-8-6-7-11-32(25)37-29/h6-8,11-21,26,33H,4-5,9-10,22-24,36H2,1-3H3. The molecule has 1 heterocycles. The van der Waals surface area contributed by atoms with Gasteiger partial charge in [-0.05, 0) is 71.7 Å². The van der Waals surface area contributed by atoms with Gasteiger partial charge in [0.15, 0.2) is 0 Å². The lowest BCUT2D eigenvalue weighted by atomic mass is 9.83. The van der Waals surface area contributed by atoms with Gasteiger partial charge in [-0.25, -0.2) is 4.98 Å². The lowest BCUT2D eigenvalue weighted by Crippen LogP contribution is -2.39. The van der Waals surface area contributed by atoms with E-state index in [0.29, 0.717) is 13.2 Å². The van der Waals surface area contributed by atoms with Crippen molar-refractivity contribution in [1.82, 2.24) is 4.98 Å². The Labute approximate surface area is 243 Å². The zero-order chi connectivity index (χ0) is 28.8. The molecule has 1 aliphatic rings. The van der Waals surface area contributed by atoms with Crippen LogP contribution in [0.4, 0.5) is 5.69 Å². The zero-order valence-electron chi connectivity index (χ0n) is 24.4. The third kappa shape index (κ3) is 6.95. The summed E-state index contributed by atoms with van der Waals surface area (Å²) in [5, 5.41) is 2.58. The van der Waals surface area contributed by atoms with Crippen molar-refractivity contribution in [3.05, 3.63) is 102 Å². The monoisotopic (exact) mass is 551 g/mol. The Kier molecular flexibility index (Phi) is 9.01. The molecular weight excluding hydrogens is 510 g/mol. The second-order valence-corrected chi connectivity index (χ2v) is 11.9. The van der Waals surface area contributed by atoms with Gasteiger partial charge >= 0.3 is 0 Å². The molecule has 0 aliphatic heterocycles. The summed E-state index contributed by atoms with van der Waals surface area (Å²) in [4.78, 5) is 24.9. The summed E-state index contributed by atoms with van der Waals surface area (Å²) >= 11 is 0. The van der Waals surface area contributed by atoms with E-state index in [0.717, 1.165) is 59.3 Å². The third-order valence-electron chi connectivity index (χ3n) is 7.93. The molecule has 41 heavy (non-hydrogen) atoms. The summed E-state index contributed by atoms with van der Waals surface area (Å²) in [6.07, 6.45) is 4.32. The van der Waals surface area contributed by atoms with Crippen molar-refractivity contribution in [2.75, 3.05) is 18.2 Å². The average Bonchev–Trinajstić information content (AvgIpc) is 3.51. The molecule has 6 nitrogen and oxygen atoms in total. The number of benzene rings is 3. The van der Waals surface area contributed by atoms with Gasteiger partial charge in [0.25, 0.3) is 5.91 Å². The van der Waals surface area contributed by atoms with Crippen LogP contribution in [-0.4, -0.2) is 24.0 Å². The van der Waals surface area contributed by atoms with E-state index in [1.54, 1.807) is 0 Å². The van der Waals surface area contributed by atoms with Gasteiger partial charge < -0.3 is 10.5 Å². The molecule has 4 aromatic rings. The average molecular weight is 552 g/mol. The Balaban J connectivity index is 1.36. The molecule has 1 atom stereocenters. The molecule has 1 unspecified atom stereocenters. The van der Waals surface area contributed by atoms with Gasteiger partial charge in [0.2, 0.25) is 0 Å². The first-order valence-electron chi connectivity index (χ1n) is 14.7. The Morgan fingerprint density at radius 1 is 0.951 bits per heavy atom. The number of para-hydroxylation sites is 1. The maximum absolute atomic E-state index is 14.2. The van der Waals surface area contributed by atoms with Crippen molar-refractivity contribution in [3.63, 3.8) is 0 Å².